The molecule has 0 saturated carbocycles. The van der Waals surface area contributed by atoms with Crippen molar-refractivity contribution in [2.24, 2.45) is 0 Å². The largest absolute Gasteiger partial charge is 0.371 e. The van der Waals surface area contributed by atoms with Crippen molar-refractivity contribution in [2.75, 3.05) is 12.4 Å². The number of rotatable bonds is 4. The van der Waals surface area contributed by atoms with Crippen LogP contribution in [-0.4, -0.2) is 17.9 Å². The van der Waals surface area contributed by atoms with E-state index < -0.39 is 11.7 Å². The van der Waals surface area contributed by atoms with Gasteiger partial charge in [0.15, 0.2) is 11.6 Å². The van der Waals surface area contributed by atoms with E-state index in [0.717, 1.165) is 5.56 Å². The number of hydrogen-bond donors (Lipinski definition) is 2. The smallest absolute Gasteiger partial charge is 0.254 e. The highest BCUT2D eigenvalue weighted by Gasteiger charge is 2.17. The van der Waals surface area contributed by atoms with Crippen molar-refractivity contribution in [2.45, 2.75) is 13.0 Å². The molecule has 0 saturated heterocycles. The van der Waals surface area contributed by atoms with Crippen molar-refractivity contribution in [1.82, 2.24) is 10.3 Å². The maximum absolute atomic E-state index is 13.9. The molecule has 1 atom stereocenters. The van der Waals surface area contributed by atoms with Gasteiger partial charge in [0.1, 0.15) is 0 Å². The lowest BCUT2D eigenvalue weighted by Gasteiger charge is -2.13. The van der Waals surface area contributed by atoms with E-state index in [0.29, 0.717) is 0 Å². The van der Waals surface area contributed by atoms with Crippen molar-refractivity contribution >= 4 is 23.1 Å². The van der Waals surface area contributed by atoms with Crippen LogP contribution in [0.2, 0.25) is 0 Å². The topological polar surface area (TPSA) is 54.0 Å². The number of pyridine rings is 1. The maximum atomic E-state index is 13.9. The Balaban J connectivity index is 2.16. The van der Waals surface area contributed by atoms with Gasteiger partial charge in [0.05, 0.1) is 11.6 Å². The number of thiophene rings is 1. The molecule has 0 spiro atoms. The summed E-state index contributed by atoms with van der Waals surface area (Å²) >= 11 is 1.55. The quantitative estimate of drug-likeness (QED) is 0.905. The van der Waals surface area contributed by atoms with Gasteiger partial charge in [-0.25, -0.2) is 9.37 Å². The molecule has 0 aliphatic heterocycles. The first-order chi connectivity index (χ1) is 9.13. The molecule has 4 nitrogen and oxygen atoms in total. The highest BCUT2D eigenvalue weighted by molar-refractivity contribution is 7.07. The fourth-order valence-electron chi connectivity index (χ4n) is 1.67. The van der Waals surface area contributed by atoms with Gasteiger partial charge >= 0.3 is 0 Å². The number of anilines is 1. The minimum absolute atomic E-state index is 0.0126. The Kier molecular flexibility index (Phi) is 4.11. The zero-order valence-corrected chi connectivity index (χ0v) is 11.4. The average Bonchev–Trinajstić information content (AvgIpc) is 2.92. The summed E-state index contributed by atoms with van der Waals surface area (Å²) in [5, 5.41) is 9.26. The highest BCUT2D eigenvalue weighted by atomic mass is 32.1. The molecule has 1 unspecified atom stereocenters. The van der Waals surface area contributed by atoms with E-state index in [2.05, 4.69) is 15.6 Å². The molecule has 0 radical (unpaired) electrons. The van der Waals surface area contributed by atoms with Crippen LogP contribution in [0.25, 0.3) is 0 Å². The maximum Gasteiger partial charge on any atom is 0.254 e. The molecule has 100 valence electrons. The van der Waals surface area contributed by atoms with Gasteiger partial charge in [-0.1, -0.05) is 0 Å². The first kappa shape index (κ1) is 13.5. The summed E-state index contributed by atoms with van der Waals surface area (Å²) in [6.45, 7) is 1.86. The normalized spacial score (nSPS) is 11.9. The number of aromatic nitrogens is 1. The van der Waals surface area contributed by atoms with E-state index in [4.69, 9.17) is 0 Å². The van der Waals surface area contributed by atoms with Crippen LogP contribution in [0, 0.1) is 5.82 Å². The Hall–Kier alpha value is -1.95. The lowest BCUT2D eigenvalue weighted by molar-refractivity contribution is 0.0936. The minimum atomic E-state index is -0.639. The molecule has 0 aromatic carbocycles. The van der Waals surface area contributed by atoms with Crippen molar-refractivity contribution < 1.29 is 9.18 Å². The fraction of sp³-hybridized carbons (Fsp3) is 0.231. The van der Waals surface area contributed by atoms with Gasteiger partial charge in [0, 0.05) is 13.2 Å². The van der Waals surface area contributed by atoms with Crippen molar-refractivity contribution in [3.05, 3.63) is 46.0 Å². The predicted octanol–water partition coefficient (Wildman–Crippen LogP) is 2.81. The van der Waals surface area contributed by atoms with E-state index in [-0.39, 0.29) is 17.4 Å². The van der Waals surface area contributed by atoms with E-state index in [1.807, 2.05) is 23.8 Å². The van der Waals surface area contributed by atoms with E-state index in [9.17, 15) is 9.18 Å². The molecule has 0 aliphatic carbocycles. The van der Waals surface area contributed by atoms with Crippen LogP contribution in [0.15, 0.2) is 29.1 Å². The van der Waals surface area contributed by atoms with Gasteiger partial charge in [-0.15, -0.1) is 0 Å². The molecule has 2 N–H and O–H groups in total. The molecule has 0 aliphatic rings. The lowest BCUT2D eigenvalue weighted by atomic mass is 10.1. The molecule has 2 rings (SSSR count). The molecule has 2 aromatic heterocycles. The van der Waals surface area contributed by atoms with Crippen LogP contribution in [0.4, 0.5) is 10.2 Å². The molecular weight excluding hydrogens is 265 g/mol. The Morgan fingerprint density at radius 2 is 2.26 bits per heavy atom. The molecule has 6 heteroatoms. The van der Waals surface area contributed by atoms with Crippen LogP contribution < -0.4 is 10.6 Å². The Morgan fingerprint density at radius 3 is 2.89 bits per heavy atom. The summed E-state index contributed by atoms with van der Waals surface area (Å²) in [5.41, 5.74) is 0.989. The van der Waals surface area contributed by atoms with Gasteiger partial charge in [0.2, 0.25) is 0 Å². The number of nitrogens with zero attached hydrogens (tertiary/aromatic N) is 1. The summed E-state index contributed by atoms with van der Waals surface area (Å²) in [7, 11) is 1.56. The second kappa shape index (κ2) is 5.79. The second-order valence-electron chi connectivity index (χ2n) is 4.02. The van der Waals surface area contributed by atoms with Gasteiger partial charge in [-0.2, -0.15) is 11.3 Å². The van der Waals surface area contributed by atoms with Crippen molar-refractivity contribution in [1.29, 1.82) is 0 Å². The van der Waals surface area contributed by atoms with Crippen LogP contribution in [-0.2, 0) is 0 Å². The number of hydrogen-bond acceptors (Lipinski definition) is 4. The SMILES string of the molecule is CNc1nccc(C(=O)NC(C)c2ccsc2)c1F. The Morgan fingerprint density at radius 1 is 1.47 bits per heavy atom. The minimum Gasteiger partial charge on any atom is -0.371 e. The van der Waals surface area contributed by atoms with E-state index >= 15 is 0 Å². The zero-order valence-electron chi connectivity index (χ0n) is 10.6. The standard InChI is InChI=1S/C13H14FN3OS/c1-8(9-4-6-19-7-9)17-13(18)10-3-5-16-12(15-2)11(10)14/h3-8H,1-2H3,(H,15,16)(H,17,18). The third-order valence-corrected chi connectivity index (χ3v) is 3.46. The first-order valence-corrected chi connectivity index (χ1v) is 6.73. The van der Waals surface area contributed by atoms with Gasteiger partial charge in [-0.3, -0.25) is 4.79 Å². The van der Waals surface area contributed by atoms with Gasteiger partial charge in [0.25, 0.3) is 5.91 Å². The Bertz CT molecular complexity index is 571. The summed E-state index contributed by atoms with van der Waals surface area (Å²) in [5.74, 6) is -1.02. The monoisotopic (exact) mass is 279 g/mol. The van der Waals surface area contributed by atoms with Crippen LogP contribution in [0.5, 0.6) is 0 Å². The van der Waals surface area contributed by atoms with Crippen LogP contribution >= 0.6 is 11.3 Å². The average molecular weight is 279 g/mol. The van der Waals surface area contributed by atoms with Gasteiger partial charge < -0.3 is 10.6 Å². The zero-order chi connectivity index (χ0) is 13.8. The predicted molar refractivity (Wildman–Crippen MR) is 73.9 cm³/mol. The number of nitrogens with one attached hydrogen (secondary N) is 2. The molecule has 2 aromatic rings. The fourth-order valence-corrected chi connectivity index (χ4v) is 2.43. The molecular formula is C13H14FN3OS. The van der Waals surface area contributed by atoms with Crippen LogP contribution in [0.1, 0.15) is 28.9 Å². The Labute approximate surface area is 114 Å². The number of halogens is 1. The summed E-state index contributed by atoms with van der Waals surface area (Å²) in [6.07, 6.45) is 1.40. The number of carbonyl (C=O) groups excluding carboxylic acids is 1. The highest BCUT2D eigenvalue weighted by Crippen LogP contribution is 2.18. The summed E-state index contributed by atoms with van der Waals surface area (Å²) in [6, 6.07) is 3.13. The van der Waals surface area contributed by atoms with Crippen molar-refractivity contribution in [3.8, 4) is 0 Å². The van der Waals surface area contributed by atoms with Crippen molar-refractivity contribution in [3.63, 3.8) is 0 Å². The lowest BCUT2D eigenvalue weighted by Crippen LogP contribution is -2.27. The van der Waals surface area contributed by atoms with Gasteiger partial charge in [-0.05, 0) is 35.4 Å². The third-order valence-electron chi connectivity index (χ3n) is 2.76. The summed E-state index contributed by atoms with van der Waals surface area (Å²) < 4.78 is 13.9. The first-order valence-electron chi connectivity index (χ1n) is 5.78. The summed E-state index contributed by atoms with van der Waals surface area (Å²) in [4.78, 5) is 15.8. The molecule has 0 bridgehead atoms. The molecule has 1 amide bonds. The third kappa shape index (κ3) is 2.90. The molecule has 19 heavy (non-hydrogen) atoms. The van der Waals surface area contributed by atoms with Crippen LogP contribution in [0.3, 0.4) is 0 Å². The molecule has 0 fully saturated rings. The number of amides is 1. The molecule has 2 heterocycles. The number of carbonyl (C=O) groups is 1. The van der Waals surface area contributed by atoms with E-state index in [1.54, 1.807) is 18.4 Å². The second-order valence-corrected chi connectivity index (χ2v) is 4.80. The van der Waals surface area contributed by atoms with E-state index in [1.165, 1.54) is 12.3 Å².